The molecule has 1 aliphatic rings. The van der Waals surface area contributed by atoms with Crippen LogP contribution in [0.1, 0.15) is 50.0 Å². The van der Waals surface area contributed by atoms with E-state index in [1.54, 1.807) is 4.68 Å². The maximum absolute atomic E-state index is 5.22. The van der Waals surface area contributed by atoms with Crippen molar-refractivity contribution in [3.8, 4) is 0 Å². The van der Waals surface area contributed by atoms with Crippen LogP contribution in [0, 0.1) is 0 Å². The minimum Gasteiger partial charge on any atom is -0.337 e. The molecule has 0 amide bonds. The Labute approximate surface area is 117 Å². The molecule has 2 heterocycles. The van der Waals surface area contributed by atoms with E-state index in [1.165, 1.54) is 12.8 Å². The topological polar surface area (TPSA) is 81.7 Å². The van der Waals surface area contributed by atoms with E-state index in [4.69, 9.17) is 4.52 Å². The Morgan fingerprint density at radius 2 is 2.35 bits per heavy atom. The van der Waals surface area contributed by atoms with E-state index in [9.17, 15) is 0 Å². The van der Waals surface area contributed by atoms with Gasteiger partial charge >= 0.3 is 0 Å². The predicted molar refractivity (Wildman–Crippen MR) is 71.9 cm³/mol. The van der Waals surface area contributed by atoms with Crippen molar-refractivity contribution in [2.24, 2.45) is 0 Å². The van der Waals surface area contributed by atoms with Crippen LogP contribution in [-0.2, 0) is 19.5 Å². The van der Waals surface area contributed by atoms with Gasteiger partial charge in [0, 0.05) is 19.0 Å². The van der Waals surface area contributed by atoms with E-state index >= 15 is 0 Å². The third kappa shape index (κ3) is 3.63. The van der Waals surface area contributed by atoms with Gasteiger partial charge in [0.15, 0.2) is 5.82 Å². The van der Waals surface area contributed by atoms with Crippen LogP contribution in [0.25, 0.3) is 0 Å². The van der Waals surface area contributed by atoms with E-state index in [0.717, 1.165) is 37.3 Å². The van der Waals surface area contributed by atoms with Crippen molar-refractivity contribution < 1.29 is 4.52 Å². The Morgan fingerprint density at radius 3 is 3.15 bits per heavy atom. The van der Waals surface area contributed by atoms with Gasteiger partial charge in [-0.1, -0.05) is 23.7 Å². The summed E-state index contributed by atoms with van der Waals surface area (Å²) in [5.74, 6) is 1.36. The monoisotopic (exact) mass is 276 g/mol. The standard InChI is InChI=1S/C13H20N6O/c1-2-3-4-12-15-13(20-17-12)9-19-8-11(16-18-19)7-14-10-5-6-10/h8,10,14H,2-7,9H2,1H3. The van der Waals surface area contributed by atoms with E-state index in [2.05, 4.69) is 32.7 Å². The second-order valence-corrected chi connectivity index (χ2v) is 5.27. The highest BCUT2D eigenvalue weighted by atomic mass is 16.5. The lowest BCUT2D eigenvalue weighted by atomic mass is 10.2. The number of rotatable bonds is 8. The molecule has 0 saturated heterocycles. The fourth-order valence-corrected chi connectivity index (χ4v) is 1.96. The molecule has 7 heteroatoms. The average molecular weight is 276 g/mol. The molecule has 1 saturated carbocycles. The zero-order valence-electron chi connectivity index (χ0n) is 11.7. The van der Waals surface area contributed by atoms with Crippen molar-refractivity contribution in [2.75, 3.05) is 0 Å². The zero-order chi connectivity index (χ0) is 13.8. The summed E-state index contributed by atoms with van der Waals surface area (Å²) in [6, 6.07) is 0.678. The van der Waals surface area contributed by atoms with Gasteiger partial charge in [0.25, 0.3) is 0 Å². The lowest BCUT2D eigenvalue weighted by Gasteiger charge is -1.96. The molecular weight excluding hydrogens is 256 g/mol. The molecule has 3 rings (SSSR count). The summed E-state index contributed by atoms with van der Waals surface area (Å²) >= 11 is 0. The molecule has 0 atom stereocenters. The van der Waals surface area contributed by atoms with Crippen molar-refractivity contribution in [1.82, 2.24) is 30.5 Å². The summed E-state index contributed by atoms with van der Waals surface area (Å²) in [7, 11) is 0. The average Bonchev–Trinajstić information content (AvgIpc) is 3.01. The van der Waals surface area contributed by atoms with Crippen LogP contribution in [0.3, 0.4) is 0 Å². The fraction of sp³-hybridized carbons (Fsp3) is 0.692. The third-order valence-electron chi connectivity index (χ3n) is 3.30. The molecule has 1 fully saturated rings. The summed E-state index contributed by atoms with van der Waals surface area (Å²) in [4.78, 5) is 4.35. The van der Waals surface area contributed by atoms with E-state index in [-0.39, 0.29) is 0 Å². The summed E-state index contributed by atoms with van der Waals surface area (Å²) < 4.78 is 6.95. The molecule has 2 aromatic rings. The number of aryl methyl sites for hydroxylation is 1. The van der Waals surface area contributed by atoms with Gasteiger partial charge < -0.3 is 9.84 Å². The van der Waals surface area contributed by atoms with E-state index in [0.29, 0.717) is 18.5 Å². The quantitative estimate of drug-likeness (QED) is 0.782. The van der Waals surface area contributed by atoms with Crippen molar-refractivity contribution in [1.29, 1.82) is 0 Å². The molecule has 0 spiro atoms. The zero-order valence-corrected chi connectivity index (χ0v) is 11.7. The smallest absolute Gasteiger partial charge is 0.248 e. The van der Waals surface area contributed by atoms with Gasteiger partial charge in [-0.3, -0.25) is 0 Å². The Balaban J connectivity index is 1.52. The van der Waals surface area contributed by atoms with Gasteiger partial charge in [-0.25, -0.2) is 4.68 Å². The molecule has 0 aliphatic heterocycles. The minimum atomic E-state index is 0.482. The lowest BCUT2D eigenvalue weighted by Crippen LogP contribution is -2.15. The van der Waals surface area contributed by atoms with Gasteiger partial charge in [0.1, 0.15) is 6.54 Å². The van der Waals surface area contributed by atoms with Gasteiger partial charge in [-0.05, 0) is 19.3 Å². The van der Waals surface area contributed by atoms with Crippen LogP contribution >= 0.6 is 0 Å². The van der Waals surface area contributed by atoms with Crippen LogP contribution in [0.4, 0.5) is 0 Å². The molecule has 0 unspecified atom stereocenters. The number of nitrogens with one attached hydrogen (secondary N) is 1. The van der Waals surface area contributed by atoms with Gasteiger partial charge in [0.2, 0.25) is 5.89 Å². The normalized spacial score (nSPS) is 14.8. The van der Waals surface area contributed by atoms with Crippen molar-refractivity contribution >= 4 is 0 Å². The molecule has 0 aromatic carbocycles. The highest BCUT2D eigenvalue weighted by Gasteiger charge is 2.20. The number of nitrogens with zero attached hydrogens (tertiary/aromatic N) is 5. The molecule has 1 N–H and O–H groups in total. The number of hydrogen-bond donors (Lipinski definition) is 1. The highest BCUT2D eigenvalue weighted by Crippen LogP contribution is 2.18. The Morgan fingerprint density at radius 1 is 1.45 bits per heavy atom. The maximum Gasteiger partial charge on any atom is 0.248 e. The first-order chi connectivity index (χ1) is 9.83. The molecule has 7 nitrogen and oxygen atoms in total. The van der Waals surface area contributed by atoms with E-state index in [1.807, 2.05) is 6.20 Å². The largest absolute Gasteiger partial charge is 0.337 e. The van der Waals surface area contributed by atoms with Crippen LogP contribution in [0.5, 0.6) is 0 Å². The Bertz CT molecular complexity index is 545. The minimum absolute atomic E-state index is 0.482. The number of aromatic nitrogens is 5. The summed E-state index contributed by atoms with van der Waals surface area (Å²) in [6.07, 6.45) is 7.55. The summed E-state index contributed by atoms with van der Waals surface area (Å²) in [5, 5.41) is 15.6. The molecule has 108 valence electrons. The molecule has 1 aliphatic carbocycles. The SMILES string of the molecule is CCCCc1noc(Cn2cc(CNC3CC3)nn2)n1. The van der Waals surface area contributed by atoms with Crippen LogP contribution in [-0.4, -0.2) is 31.2 Å². The van der Waals surface area contributed by atoms with Crippen LogP contribution in [0.2, 0.25) is 0 Å². The lowest BCUT2D eigenvalue weighted by molar-refractivity contribution is 0.359. The highest BCUT2D eigenvalue weighted by molar-refractivity contribution is 4.96. The molecular formula is C13H20N6O. The van der Waals surface area contributed by atoms with Crippen molar-refractivity contribution in [3.05, 3.63) is 23.6 Å². The Kier molecular flexibility index (Phi) is 4.05. The first-order valence-electron chi connectivity index (χ1n) is 7.27. The predicted octanol–water partition coefficient (Wildman–Crippen LogP) is 1.30. The molecule has 2 aromatic heterocycles. The second-order valence-electron chi connectivity index (χ2n) is 5.27. The van der Waals surface area contributed by atoms with Crippen molar-refractivity contribution in [2.45, 2.75) is 58.2 Å². The third-order valence-corrected chi connectivity index (χ3v) is 3.30. The molecule has 0 bridgehead atoms. The Hall–Kier alpha value is -1.76. The van der Waals surface area contributed by atoms with Gasteiger partial charge in [-0.15, -0.1) is 5.10 Å². The van der Waals surface area contributed by atoms with E-state index < -0.39 is 0 Å². The molecule has 20 heavy (non-hydrogen) atoms. The maximum atomic E-state index is 5.22. The second kappa shape index (κ2) is 6.13. The number of hydrogen-bond acceptors (Lipinski definition) is 6. The summed E-state index contributed by atoms with van der Waals surface area (Å²) in [6.45, 7) is 3.40. The first-order valence-corrected chi connectivity index (χ1v) is 7.27. The van der Waals surface area contributed by atoms with Crippen molar-refractivity contribution in [3.63, 3.8) is 0 Å². The van der Waals surface area contributed by atoms with Gasteiger partial charge in [0.05, 0.1) is 11.9 Å². The number of unbranched alkanes of at least 4 members (excludes halogenated alkanes) is 1. The summed E-state index contributed by atoms with van der Waals surface area (Å²) in [5.41, 5.74) is 0.947. The van der Waals surface area contributed by atoms with Gasteiger partial charge in [-0.2, -0.15) is 4.98 Å². The van der Waals surface area contributed by atoms with Crippen LogP contribution in [0.15, 0.2) is 10.7 Å². The first kappa shape index (κ1) is 13.2. The molecule has 0 radical (unpaired) electrons. The fourth-order valence-electron chi connectivity index (χ4n) is 1.96. The van der Waals surface area contributed by atoms with Crippen LogP contribution < -0.4 is 5.32 Å².